The zero-order chi connectivity index (χ0) is 23.2. The van der Waals surface area contributed by atoms with Crippen molar-refractivity contribution in [3.63, 3.8) is 0 Å². The van der Waals surface area contributed by atoms with Gasteiger partial charge >= 0.3 is 6.18 Å². The SMILES string of the molecule is O=C(c1nc2c(C(F)(F)F)cc(-c3ccoc3)cn2c1Cl)N1CC=C(C2=CN=CNC2)CC1. The molecule has 11 heteroatoms. The number of nitrogens with zero attached hydrogens (tertiary/aromatic N) is 4. The number of fused-ring (bicyclic) bond motifs is 1. The molecule has 1 N–H and O–H groups in total. The maximum Gasteiger partial charge on any atom is 0.420 e. The summed E-state index contributed by atoms with van der Waals surface area (Å²) in [4.78, 5) is 22.8. The van der Waals surface area contributed by atoms with Crippen LogP contribution in [0.15, 0.2) is 63.7 Å². The van der Waals surface area contributed by atoms with Crippen LogP contribution in [-0.2, 0) is 6.18 Å². The lowest BCUT2D eigenvalue weighted by molar-refractivity contribution is -0.136. The van der Waals surface area contributed by atoms with Crippen LogP contribution >= 0.6 is 11.6 Å². The summed E-state index contributed by atoms with van der Waals surface area (Å²) >= 11 is 6.39. The van der Waals surface area contributed by atoms with Crippen LogP contribution in [0, 0.1) is 0 Å². The number of hydrogen-bond acceptors (Lipinski definition) is 5. The fourth-order valence-corrected chi connectivity index (χ4v) is 4.17. The molecule has 0 bridgehead atoms. The molecule has 2 aliphatic rings. The van der Waals surface area contributed by atoms with Crippen molar-refractivity contribution in [2.45, 2.75) is 12.6 Å². The van der Waals surface area contributed by atoms with Gasteiger partial charge in [0.1, 0.15) is 5.15 Å². The summed E-state index contributed by atoms with van der Waals surface area (Å²) in [5.41, 5.74) is 1.18. The number of alkyl halides is 3. The molecule has 0 atom stereocenters. The maximum absolute atomic E-state index is 13.8. The minimum absolute atomic E-state index is 0.172. The molecule has 2 aliphatic heterocycles. The van der Waals surface area contributed by atoms with Crippen molar-refractivity contribution in [2.24, 2.45) is 4.99 Å². The molecule has 0 aromatic carbocycles. The molecule has 7 nitrogen and oxygen atoms in total. The third-order valence-electron chi connectivity index (χ3n) is 5.62. The fourth-order valence-electron chi connectivity index (χ4n) is 3.92. The summed E-state index contributed by atoms with van der Waals surface area (Å²) in [6, 6.07) is 2.51. The topological polar surface area (TPSA) is 75.1 Å². The Bertz CT molecular complexity index is 1320. The smallest absolute Gasteiger partial charge is 0.420 e. The summed E-state index contributed by atoms with van der Waals surface area (Å²) in [5.74, 6) is -0.522. The molecule has 0 unspecified atom stereocenters. The number of aromatic nitrogens is 2. The molecule has 33 heavy (non-hydrogen) atoms. The Balaban J connectivity index is 1.50. The molecule has 0 saturated heterocycles. The summed E-state index contributed by atoms with van der Waals surface area (Å²) in [5, 5.41) is 2.86. The van der Waals surface area contributed by atoms with Crippen molar-refractivity contribution in [1.29, 1.82) is 0 Å². The zero-order valence-corrected chi connectivity index (χ0v) is 17.8. The van der Waals surface area contributed by atoms with E-state index in [0.717, 1.165) is 21.6 Å². The molecule has 5 rings (SSSR count). The van der Waals surface area contributed by atoms with Gasteiger partial charge in [-0.15, -0.1) is 0 Å². The number of aliphatic imine (C=N–C) groups is 1. The van der Waals surface area contributed by atoms with Gasteiger partial charge in [-0.05, 0) is 29.7 Å². The van der Waals surface area contributed by atoms with Gasteiger partial charge < -0.3 is 14.6 Å². The lowest BCUT2D eigenvalue weighted by Crippen LogP contribution is -2.36. The number of pyridine rings is 1. The number of furan rings is 1. The quantitative estimate of drug-likeness (QED) is 0.603. The Labute approximate surface area is 190 Å². The van der Waals surface area contributed by atoms with Crippen molar-refractivity contribution in [2.75, 3.05) is 19.6 Å². The number of amides is 1. The Hall–Kier alpha value is -3.53. The Morgan fingerprint density at radius 3 is 2.73 bits per heavy atom. The van der Waals surface area contributed by atoms with Crippen LogP contribution in [0.1, 0.15) is 22.5 Å². The van der Waals surface area contributed by atoms with Crippen LogP contribution in [-0.4, -0.2) is 46.2 Å². The second kappa shape index (κ2) is 8.11. The Kier molecular flexibility index (Phi) is 5.24. The van der Waals surface area contributed by atoms with Gasteiger partial charge in [-0.1, -0.05) is 17.7 Å². The van der Waals surface area contributed by atoms with E-state index >= 15 is 0 Å². The minimum Gasteiger partial charge on any atom is -0.472 e. The van der Waals surface area contributed by atoms with E-state index in [1.54, 1.807) is 18.6 Å². The van der Waals surface area contributed by atoms with Crippen LogP contribution in [0.4, 0.5) is 13.2 Å². The van der Waals surface area contributed by atoms with Crippen LogP contribution in [0.2, 0.25) is 5.15 Å². The highest BCUT2D eigenvalue weighted by atomic mass is 35.5. The number of halogens is 4. The molecular formula is C22H17ClF3N5O2. The summed E-state index contributed by atoms with van der Waals surface area (Å²) in [6.45, 7) is 1.34. The molecule has 3 aromatic rings. The highest BCUT2D eigenvalue weighted by Gasteiger charge is 2.36. The molecule has 3 aromatic heterocycles. The molecule has 0 aliphatic carbocycles. The standard InChI is InChI=1S/C22H17ClF3N5O2/c23-19-18(21(32)30-4-1-13(2-5-30)16-8-27-12-28-9-16)29-20-17(22(24,25)26)7-15(10-31(19)20)14-3-6-33-11-14/h1,3,6-8,10-12H,2,4-5,9H2,(H,27,28). The predicted octanol–water partition coefficient (Wildman–Crippen LogP) is 4.55. The number of carbonyl (C=O) groups is 1. The van der Waals surface area contributed by atoms with E-state index in [2.05, 4.69) is 15.3 Å². The second-order valence-electron chi connectivity index (χ2n) is 7.64. The molecule has 0 saturated carbocycles. The number of imidazole rings is 1. The van der Waals surface area contributed by atoms with Gasteiger partial charge in [0.05, 0.1) is 24.4 Å². The number of rotatable bonds is 3. The average Bonchev–Trinajstić information content (AvgIpc) is 3.47. The number of nitrogens with one attached hydrogen (secondary N) is 1. The first-order chi connectivity index (χ1) is 15.8. The van der Waals surface area contributed by atoms with E-state index in [0.29, 0.717) is 31.6 Å². The van der Waals surface area contributed by atoms with Gasteiger partial charge in [0, 0.05) is 43.2 Å². The van der Waals surface area contributed by atoms with Gasteiger partial charge in [-0.25, -0.2) is 9.98 Å². The molecule has 0 fully saturated rings. The average molecular weight is 476 g/mol. The second-order valence-corrected chi connectivity index (χ2v) is 8.00. The Morgan fingerprint density at radius 2 is 2.09 bits per heavy atom. The molecule has 1 amide bonds. The fraction of sp³-hybridized carbons (Fsp3) is 0.227. The number of hydrogen-bond donors (Lipinski definition) is 1. The first-order valence-corrected chi connectivity index (χ1v) is 10.4. The summed E-state index contributed by atoms with van der Waals surface area (Å²) in [7, 11) is 0. The van der Waals surface area contributed by atoms with Gasteiger partial charge in [0.25, 0.3) is 5.91 Å². The monoisotopic (exact) mass is 475 g/mol. The lowest BCUT2D eigenvalue weighted by atomic mass is 9.99. The third kappa shape index (κ3) is 3.91. The van der Waals surface area contributed by atoms with E-state index in [1.807, 2.05) is 6.08 Å². The minimum atomic E-state index is -4.69. The van der Waals surface area contributed by atoms with Gasteiger partial charge in [0.15, 0.2) is 11.3 Å². The van der Waals surface area contributed by atoms with Crippen molar-refractivity contribution in [3.05, 3.63) is 70.7 Å². The van der Waals surface area contributed by atoms with Crippen LogP contribution in [0.5, 0.6) is 0 Å². The molecule has 0 radical (unpaired) electrons. The molecule has 0 spiro atoms. The van der Waals surface area contributed by atoms with Gasteiger partial charge in [-0.2, -0.15) is 13.2 Å². The summed E-state index contributed by atoms with van der Waals surface area (Å²) in [6.07, 6.45) is 5.31. The summed E-state index contributed by atoms with van der Waals surface area (Å²) < 4.78 is 47.5. The van der Waals surface area contributed by atoms with Gasteiger partial charge in [-0.3, -0.25) is 9.20 Å². The van der Waals surface area contributed by atoms with E-state index in [1.165, 1.54) is 23.6 Å². The molecule has 170 valence electrons. The molecular weight excluding hydrogens is 459 g/mol. The van der Waals surface area contributed by atoms with Crippen molar-refractivity contribution >= 4 is 29.5 Å². The first-order valence-electron chi connectivity index (χ1n) is 10.1. The van der Waals surface area contributed by atoms with Crippen LogP contribution in [0.25, 0.3) is 16.8 Å². The normalized spacial score (nSPS) is 16.5. The first kappa shape index (κ1) is 21.3. The van der Waals surface area contributed by atoms with E-state index in [9.17, 15) is 18.0 Å². The van der Waals surface area contributed by atoms with E-state index in [-0.39, 0.29) is 16.4 Å². The van der Waals surface area contributed by atoms with E-state index < -0.39 is 23.3 Å². The van der Waals surface area contributed by atoms with Crippen molar-refractivity contribution in [3.8, 4) is 11.1 Å². The highest BCUT2D eigenvalue weighted by molar-refractivity contribution is 6.33. The van der Waals surface area contributed by atoms with Crippen molar-refractivity contribution in [1.82, 2.24) is 19.6 Å². The lowest BCUT2D eigenvalue weighted by Gasteiger charge is -2.27. The number of carbonyl (C=O) groups excluding carboxylic acids is 1. The third-order valence-corrected chi connectivity index (χ3v) is 5.98. The van der Waals surface area contributed by atoms with Crippen molar-refractivity contribution < 1.29 is 22.4 Å². The highest BCUT2D eigenvalue weighted by Crippen LogP contribution is 2.37. The van der Waals surface area contributed by atoms with E-state index in [4.69, 9.17) is 16.0 Å². The van der Waals surface area contributed by atoms with Crippen LogP contribution < -0.4 is 5.32 Å². The Morgan fingerprint density at radius 1 is 1.24 bits per heavy atom. The maximum atomic E-state index is 13.8. The largest absolute Gasteiger partial charge is 0.472 e. The predicted molar refractivity (Wildman–Crippen MR) is 116 cm³/mol. The zero-order valence-electron chi connectivity index (χ0n) is 17.1. The van der Waals surface area contributed by atoms with Crippen LogP contribution in [0.3, 0.4) is 0 Å². The molecule has 5 heterocycles. The van der Waals surface area contributed by atoms with Gasteiger partial charge in [0.2, 0.25) is 0 Å².